The van der Waals surface area contributed by atoms with Gasteiger partial charge in [-0.05, 0) is 6.92 Å². The summed E-state index contributed by atoms with van der Waals surface area (Å²) in [6.45, 7) is 4.56. The van der Waals surface area contributed by atoms with Crippen molar-refractivity contribution in [2.75, 3.05) is 48.5 Å². The third-order valence-electron chi connectivity index (χ3n) is 2.95. The van der Waals surface area contributed by atoms with E-state index in [0.29, 0.717) is 30.5 Å². The van der Waals surface area contributed by atoms with Crippen molar-refractivity contribution >= 4 is 22.4 Å². The fourth-order valence-electron chi connectivity index (χ4n) is 1.90. The maximum absolute atomic E-state index is 11.4. The van der Waals surface area contributed by atoms with Crippen LogP contribution in [0.5, 0.6) is 0 Å². The van der Waals surface area contributed by atoms with Crippen LogP contribution in [-0.2, 0) is 22.1 Å². The Morgan fingerprint density at radius 3 is 2.79 bits per heavy atom. The minimum Gasteiger partial charge on any atom is -0.374 e. The zero-order valence-corrected chi connectivity index (χ0v) is 12.2. The highest BCUT2D eigenvalue weighted by molar-refractivity contribution is 7.85. The molecule has 0 saturated carbocycles. The van der Waals surface area contributed by atoms with Gasteiger partial charge in [-0.25, -0.2) is 9.97 Å². The summed E-state index contributed by atoms with van der Waals surface area (Å²) in [4.78, 5) is 11.0. The number of nitrogens with zero attached hydrogens (tertiary/aromatic N) is 3. The molecule has 0 aromatic carbocycles. The van der Waals surface area contributed by atoms with Gasteiger partial charge in [0.25, 0.3) is 0 Å². The molecule has 0 bridgehead atoms. The minimum atomic E-state index is -0.677. The normalized spacial score (nSPS) is 16.6. The largest absolute Gasteiger partial charge is 0.374 e. The SMILES string of the molecule is CCOCc1nc(NC)cc(N2CCS(=O)CC2)n1. The van der Waals surface area contributed by atoms with E-state index < -0.39 is 10.8 Å². The molecule has 1 saturated heterocycles. The van der Waals surface area contributed by atoms with Crippen LogP contribution < -0.4 is 10.2 Å². The van der Waals surface area contributed by atoms with Gasteiger partial charge in [0.15, 0.2) is 5.82 Å². The number of rotatable bonds is 5. The lowest BCUT2D eigenvalue weighted by molar-refractivity contribution is 0.128. The summed E-state index contributed by atoms with van der Waals surface area (Å²) in [6, 6.07) is 1.92. The molecule has 1 aromatic rings. The maximum atomic E-state index is 11.4. The summed E-state index contributed by atoms with van der Waals surface area (Å²) in [5, 5.41) is 3.04. The Labute approximate surface area is 116 Å². The minimum absolute atomic E-state index is 0.415. The van der Waals surface area contributed by atoms with Gasteiger partial charge in [-0.1, -0.05) is 0 Å². The first-order valence-electron chi connectivity index (χ1n) is 6.46. The first-order valence-corrected chi connectivity index (χ1v) is 7.95. The molecule has 0 radical (unpaired) electrons. The highest BCUT2D eigenvalue weighted by atomic mass is 32.2. The van der Waals surface area contributed by atoms with Crippen molar-refractivity contribution in [1.82, 2.24) is 9.97 Å². The highest BCUT2D eigenvalue weighted by Crippen LogP contribution is 2.18. The summed E-state index contributed by atoms with van der Waals surface area (Å²) in [5.41, 5.74) is 0. The molecule has 2 rings (SSSR count). The lowest BCUT2D eigenvalue weighted by Gasteiger charge is -2.27. The van der Waals surface area contributed by atoms with Gasteiger partial charge in [-0.15, -0.1) is 0 Å². The number of anilines is 2. The molecular formula is C12H20N4O2S. The van der Waals surface area contributed by atoms with E-state index in [1.54, 1.807) is 0 Å². The van der Waals surface area contributed by atoms with E-state index in [4.69, 9.17) is 4.74 Å². The highest BCUT2D eigenvalue weighted by Gasteiger charge is 2.17. The third-order valence-corrected chi connectivity index (χ3v) is 4.23. The Hall–Kier alpha value is -1.21. The van der Waals surface area contributed by atoms with Crippen LogP contribution in [0.1, 0.15) is 12.7 Å². The quantitative estimate of drug-likeness (QED) is 0.855. The first kappa shape index (κ1) is 14.2. The van der Waals surface area contributed by atoms with E-state index in [9.17, 15) is 4.21 Å². The van der Waals surface area contributed by atoms with Gasteiger partial charge in [0.2, 0.25) is 0 Å². The molecule has 0 atom stereocenters. The van der Waals surface area contributed by atoms with E-state index in [1.807, 2.05) is 20.0 Å². The van der Waals surface area contributed by atoms with Crippen LogP contribution in [0.4, 0.5) is 11.6 Å². The standard InChI is InChI=1S/C12H20N4O2S/c1-3-18-9-11-14-10(13-2)8-12(15-11)16-4-6-19(17)7-5-16/h8H,3-7,9H2,1-2H3,(H,13,14,15). The summed E-state index contributed by atoms with van der Waals surface area (Å²) in [7, 11) is 1.16. The topological polar surface area (TPSA) is 67.3 Å². The van der Waals surface area contributed by atoms with Gasteiger partial charge in [0.1, 0.15) is 18.2 Å². The smallest absolute Gasteiger partial charge is 0.158 e. The number of hydrogen-bond acceptors (Lipinski definition) is 6. The molecule has 2 heterocycles. The summed E-state index contributed by atoms with van der Waals surface area (Å²) >= 11 is 0. The number of nitrogens with one attached hydrogen (secondary N) is 1. The monoisotopic (exact) mass is 284 g/mol. The fraction of sp³-hybridized carbons (Fsp3) is 0.667. The average molecular weight is 284 g/mol. The maximum Gasteiger partial charge on any atom is 0.158 e. The summed E-state index contributed by atoms with van der Waals surface area (Å²) in [6.07, 6.45) is 0. The number of hydrogen-bond donors (Lipinski definition) is 1. The molecule has 0 amide bonds. The van der Waals surface area contributed by atoms with Crippen molar-refractivity contribution < 1.29 is 8.95 Å². The molecule has 0 spiro atoms. The molecule has 7 heteroatoms. The van der Waals surface area contributed by atoms with Crippen molar-refractivity contribution in [2.24, 2.45) is 0 Å². The molecule has 106 valence electrons. The number of aromatic nitrogens is 2. The molecular weight excluding hydrogens is 264 g/mol. The zero-order valence-electron chi connectivity index (χ0n) is 11.4. The summed E-state index contributed by atoms with van der Waals surface area (Å²) in [5.74, 6) is 3.76. The molecule has 0 aliphatic carbocycles. The lowest BCUT2D eigenvalue weighted by atomic mass is 10.4. The molecule has 6 nitrogen and oxygen atoms in total. The van der Waals surface area contributed by atoms with Crippen LogP contribution in [0.15, 0.2) is 6.07 Å². The molecule has 19 heavy (non-hydrogen) atoms. The van der Waals surface area contributed by atoms with Gasteiger partial charge in [-0.3, -0.25) is 4.21 Å². The predicted molar refractivity (Wildman–Crippen MR) is 77.0 cm³/mol. The van der Waals surface area contributed by atoms with Gasteiger partial charge in [0, 0.05) is 55.1 Å². The van der Waals surface area contributed by atoms with Crippen molar-refractivity contribution in [1.29, 1.82) is 0 Å². The van der Waals surface area contributed by atoms with E-state index in [0.717, 1.165) is 24.7 Å². The van der Waals surface area contributed by atoms with Gasteiger partial charge >= 0.3 is 0 Å². The lowest BCUT2D eigenvalue weighted by Crippen LogP contribution is -2.38. The second-order valence-corrected chi connectivity index (χ2v) is 5.95. The van der Waals surface area contributed by atoms with Crippen LogP contribution in [0.3, 0.4) is 0 Å². The Bertz CT molecular complexity index is 445. The van der Waals surface area contributed by atoms with Gasteiger partial charge in [-0.2, -0.15) is 0 Å². The molecule has 1 N–H and O–H groups in total. The van der Waals surface area contributed by atoms with Crippen LogP contribution in [0.25, 0.3) is 0 Å². The van der Waals surface area contributed by atoms with Crippen molar-refractivity contribution in [3.63, 3.8) is 0 Å². The van der Waals surface area contributed by atoms with Crippen molar-refractivity contribution in [2.45, 2.75) is 13.5 Å². The fourth-order valence-corrected chi connectivity index (χ4v) is 2.95. The van der Waals surface area contributed by atoms with Crippen molar-refractivity contribution in [3.8, 4) is 0 Å². The van der Waals surface area contributed by atoms with Crippen LogP contribution >= 0.6 is 0 Å². The first-order chi connectivity index (χ1) is 9.22. The second kappa shape index (κ2) is 6.81. The van der Waals surface area contributed by atoms with Crippen LogP contribution in [-0.4, -0.2) is 52.4 Å². The Kier molecular flexibility index (Phi) is 5.09. The Balaban J connectivity index is 2.16. The van der Waals surface area contributed by atoms with Crippen LogP contribution in [0.2, 0.25) is 0 Å². The molecule has 1 aliphatic rings. The van der Waals surface area contributed by atoms with Crippen molar-refractivity contribution in [3.05, 3.63) is 11.9 Å². The zero-order chi connectivity index (χ0) is 13.7. The van der Waals surface area contributed by atoms with Gasteiger partial charge in [0.05, 0.1) is 0 Å². The van der Waals surface area contributed by atoms with E-state index in [1.165, 1.54) is 0 Å². The number of ether oxygens (including phenoxy) is 1. The third kappa shape index (κ3) is 3.87. The van der Waals surface area contributed by atoms with E-state index >= 15 is 0 Å². The van der Waals surface area contributed by atoms with E-state index in [2.05, 4.69) is 20.2 Å². The van der Waals surface area contributed by atoms with E-state index in [-0.39, 0.29) is 0 Å². The van der Waals surface area contributed by atoms with Crippen LogP contribution in [0, 0.1) is 0 Å². The molecule has 1 aliphatic heterocycles. The average Bonchev–Trinajstić information content (AvgIpc) is 2.45. The molecule has 1 aromatic heterocycles. The Morgan fingerprint density at radius 1 is 1.42 bits per heavy atom. The Morgan fingerprint density at radius 2 is 2.16 bits per heavy atom. The molecule has 0 unspecified atom stereocenters. The second-order valence-electron chi connectivity index (χ2n) is 4.25. The summed E-state index contributed by atoms with van der Waals surface area (Å²) < 4.78 is 16.7. The van der Waals surface area contributed by atoms with Gasteiger partial charge < -0.3 is 15.0 Å². The molecule has 1 fully saturated rings. The predicted octanol–water partition coefficient (Wildman–Crippen LogP) is 0.623.